The summed E-state index contributed by atoms with van der Waals surface area (Å²) >= 11 is 0. The number of carboxylic acids is 1. The smallest absolute Gasteiger partial charge is 0.328 e. The average molecular weight is 265 g/mol. The zero-order valence-electron chi connectivity index (χ0n) is 11.2. The molecule has 104 valence electrons. The lowest BCUT2D eigenvalue weighted by Gasteiger charge is -2.08. The van der Waals surface area contributed by atoms with Gasteiger partial charge in [-0.25, -0.2) is 4.79 Å². The molecule has 0 saturated heterocycles. The molecule has 0 atom stereocenters. The van der Waals surface area contributed by atoms with Gasteiger partial charge in [-0.05, 0) is 24.1 Å². The Morgan fingerprint density at radius 1 is 1.42 bits per heavy atom. The Kier molecular flexibility index (Phi) is 6.60. The lowest BCUT2D eigenvalue weighted by atomic mass is 10.2. The van der Waals surface area contributed by atoms with Gasteiger partial charge in [0.25, 0.3) is 0 Å². The van der Waals surface area contributed by atoms with Crippen LogP contribution < -0.4 is 4.74 Å². The van der Waals surface area contributed by atoms with Crippen molar-refractivity contribution in [2.45, 2.75) is 13.8 Å². The summed E-state index contributed by atoms with van der Waals surface area (Å²) in [6.07, 6.45) is 4.03. The highest BCUT2D eigenvalue weighted by Gasteiger charge is 1.97. The normalized spacial score (nSPS) is 11.1. The van der Waals surface area contributed by atoms with Crippen LogP contribution >= 0.6 is 0 Å². The predicted molar refractivity (Wildman–Crippen MR) is 72.1 cm³/mol. The monoisotopic (exact) mass is 265 g/mol. The number of pyridine rings is 1. The molecule has 0 unspecified atom stereocenters. The molecule has 0 bridgehead atoms. The number of ether oxygens (including phenoxy) is 2. The number of carbonyl (C=O) groups is 1. The third kappa shape index (κ3) is 7.21. The lowest BCUT2D eigenvalue weighted by molar-refractivity contribution is -0.131. The van der Waals surface area contributed by atoms with E-state index in [1.807, 2.05) is 0 Å². The first kappa shape index (κ1) is 15.2. The summed E-state index contributed by atoms with van der Waals surface area (Å²) < 4.78 is 10.8. The van der Waals surface area contributed by atoms with Crippen LogP contribution in [-0.4, -0.2) is 35.9 Å². The van der Waals surface area contributed by atoms with Gasteiger partial charge in [0.1, 0.15) is 12.4 Å². The largest absolute Gasteiger partial charge is 0.490 e. The summed E-state index contributed by atoms with van der Waals surface area (Å²) in [5.41, 5.74) is 0.575. The molecule has 0 saturated carbocycles. The van der Waals surface area contributed by atoms with Crippen molar-refractivity contribution in [3.63, 3.8) is 0 Å². The SMILES string of the molecule is CC(C)COCCOc1ccc(/C=C/C(=O)O)nc1. The Labute approximate surface area is 112 Å². The van der Waals surface area contributed by atoms with Crippen LogP contribution in [0, 0.1) is 5.92 Å². The molecule has 5 heteroatoms. The minimum atomic E-state index is -0.996. The second-order valence-electron chi connectivity index (χ2n) is 4.41. The standard InChI is InChI=1S/C14H19NO4/c1-11(2)10-18-7-8-19-13-5-3-12(15-9-13)4-6-14(16)17/h3-6,9,11H,7-8,10H2,1-2H3,(H,16,17)/b6-4+. The van der Waals surface area contributed by atoms with E-state index >= 15 is 0 Å². The van der Waals surface area contributed by atoms with Crippen LogP contribution in [0.1, 0.15) is 19.5 Å². The fourth-order valence-electron chi connectivity index (χ4n) is 1.27. The Balaban J connectivity index is 2.30. The van der Waals surface area contributed by atoms with Gasteiger partial charge in [0.2, 0.25) is 0 Å². The molecule has 19 heavy (non-hydrogen) atoms. The molecule has 0 spiro atoms. The molecular formula is C14H19NO4. The third-order valence-corrected chi connectivity index (χ3v) is 2.10. The van der Waals surface area contributed by atoms with Gasteiger partial charge in [-0.2, -0.15) is 0 Å². The number of aliphatic carboxylic acids is 1. The molecule has 1 aromatic heterocycles. The summed E-state index contributed by atoms with van der Waals surface area (Å²) in [6.45, 7) is 5.92. The summed E-state index contributed by atoms with van der Waals surface area (Å²) in [5, 5.41) is 8.48. The molecule has 0 radical (unpaired) electrons. The Morgan fingerprint density at radius 3 is 2.79 bits per heavy atom. The number of hydrogen-bond donors (Lipinski definition) is 1. The lowest BCUT2D eigenvalue weighted by Crippen LogP contribution is -2.10. The first-order valence-corrected chi connectivity index (χ1v) is 6.15. The molecule has 5 nitrogen and oxygen atoms in total. The van der Waals surface area contributed by atoms with E-state index in [1.165, 1.54) is 6.08 Å². The van der Waals surface area contributed by atoms with E-state index in [0.717, 1.165) is 12.7 Å². The van der Waals surface area contributed by atoms with Gasteiger partial charge in [0.05, 0.1) is 18.5 Å². The van der Waals surface area contributed by atoms with Crippen molar-refractivity contribution in [3.8, 4) is 5.75 Å². The van der Waals surface area contributed by atoms with Crippen molar-refractivity contribution in [2.24, 2.45) is 5.92 Å². The van der Waals surface area contributed by atoms with Crippen molar-refractivity contribution < 1.29 is 19.4 Å². The Morgan fingerprint density at radius 2 is 2.21 bits per heavy atom. The van der Waals surface area contributed by atoms with Gasteiger partial charge in [0.15, 0.2) is 0 Å². The van der Waals surface area contributed by atoms with E-state index < -0.39 is 5.97 Å². The molecular weight excluding hydrogens is 246 g/mol. The minimum absolute atomic E-state index is 0.471. The van der Waals surface area contributed by atoms with Crippen LogP contribution in [0.15, 0.2) is 24.4 Å². The third-order valence-electron chi connectivity index (χ3n) is 2.10. The fourth-order valence-corrected chi connectivity index (χ4v) is 1.27. The van der Waals surface area contributed by atoms with Crippen LogP contribution in [0.5, 0.6) is 5.75 Å². The number of hydrogen-bond acceptors (Lipinski definition) is 4. The molecule has 0 aliphatic rings. The van der Waals surface area contributed by atoms with E-state index in [9.17, 15) is 4.79 Å². The van der Waals surface area contributed by atoms with Crippen molar-refractivity contribution in [3.05, 3.63) is 30.1 Å². The van der Waals surface area contributed by atoms with E-state index in [1.54, 1.807) is 18.3 Å². The molecule has 0 fully saturated rings. The van der Waals surface area contributed by atoms with Crippen molar-refractivity contribution in [1.82, 2.24) is 4.98 Å². The zero-order valence-corrected chi connectivity index (χ0v) is 11.2. The van der Waals surface area contributed by atoms with Crippen LogP contribution in [0.2, 0.25) is 0 Å². The van der Waals surface area contributed by atoms with Crippen LogP contribution in [0.25, 0.3) is 6.08 Å². The quantitative estimate of drug-likeness (QED) is 0.576. The maximum atomic E-state index is 10.3. The number of carboxylic acid groups (broad SMARTS) is 1. The first-order chi connectivity index (χ1) is 9.08. The van der Waals surface area contributed by atoms with Gasteiger partial charge in [-0.15, -0.1) is 0 Å². The zero-order chi connectivity index (χ0) is 14.1. The van der Waals surface area contributed by atoms with Crippen LogP contribution in [0.4, 0.5) is 0 Å². The molecule has 0 aliphatic heterocycles. The van der Waals surface area contributed by atoms with E-state index in [2.05, 4.69) is 18.8 Å². The van der Waals surface area contributed by atoms with Gasteiger partial charge in [-0.3, -0.25) is 4.98 Å². The van der Waals surface area contributed by atoms with Crippen LogP contribution in [0.3, 0.4) is 0 Å². The topological polar surface area (TPSA) is 68.7 Å². The van der Waals surface area contributed by atoms with E-state index in [-0.39, 0.29) is 0 Å². The molecule has 0 amide bonds. The van der Waals surface area contributed by atoms with Crippen molar-refractivity contribution in [1.29, 1.82) is 0 Å². The summed E-state index contributed by atoms with van der Waals surface area (Å²) in [7, 11) is 0. The fraction of sp³-hybridized carbons (Fsp3) is 0.429. The minimum Gasteiger partial charge on any atom is -0.490 e. The van der Waals surface area contributed by atoms with E-state index in [0.29, 0.717) is 30.6 Å². The molecule has 1 rings (SSSR count). The number of rotatable bonds is 8. The Bertz CT molecular complexity index is 412. The average Bonchev–Trinajstić information content (AvgIpc) is 2.37. The van der Waals surface area contributed by atoms with Gasteiger partial charge < -0.3 is 14.6 Å². The van der Waals surface area contributed by atoms with Gasteiger partial charge >= 0.3 is 5.97 Å². The summed E-state index contributed by atoms with van der Waals surface area (Å²) in [5.74, 6) is 0.159. The van der Waals surface area contributed by atoms with Crippen molar-refractivity contribution in [2.75, 3.05) is 19.8 Å². The van der Waals surface area contributed by atoms with Crippen LogP contribution in [-0.2, 0) is 9.53 Å². The molecule has 1 heterocycles. The first-order valence-electron chi connectivity index (χ1n) is 6.15. The second-order valence-corrected chi connectivity index (χ2v) is 4.41. The number of aromatic nitrogens is 1. The van der Waals surface area contributed by atoms with E-state index in [4.69, 9.17) is 14.6 Å². The molecule has 0 aliphatic carbocycles. The molecule has 1 aromatic rings. The molecule has 0 aromatic carbocycles. The van der Waals surface area contributed by atoms with Gasteiger partial charge in [-0.1, -0.05) is 13.8 Å². The highest BCUT2D eigenvalue weighted by atomic mass is 16.5. The highest BCUT2D eigenvalue weighted by molar-refractivity contribution is 5.84. The van der Waals surface area contributed by atoms with Gasteiger partial charge in [0, 0.05) is 12.7 Å². The predicted octanol–water partition coefficient (Wildman–Crippen LogP) is 2.23. The maximum Gasteiger partial charge on any atom is 0.328 e. The Hall–Kier alpha value is -1.88. The molecule has 1 N–H and O–H groups in total. The van der Waals surface area contributed by atoms with Crippen molar-refractivity contribution >= 4 is 12.0 Å². The summed E-state index contributed by atoms with van der Waals surface area (Å²) in [4.78, 5) is 14.4. The number of nitrogens with zero attached hydrogens (tertiary/aromatic N) is 1. The summed E-state index contributed by atoms with van der Waals surface area (Å²) in [6, 6.07) is 3.45. The second kappa shape index (κ2) is 8.26. The highest BCUT2D eigenvalue weighted by Crippen LogP contribution is 2.09. The maximum absolute atomic E-state index is 10.3.